The smallest absolute Gasteiger partial charge is 0.326 e. The van der Waals surface area contributed by atoms with Crippen LogP contribution in [0.4, 0.5) is 0 Å². The Morgan fingerprint density at radius 2 is 2.17 bits per heavy atom. The molecule has 10 nitrogen and oxygen atoms in total. The number of hydrogen-bond acceptors (Lipinski definition) is 8. The molecule has 1 aliphatic heterocycles. The first kappa shape index (κ1) is 27.3. The third kappa shape index (κ3) is 5.41. The van der Waals surface area contributed by atoms with Crippen LogP contribution < -0.4 is 10.1 Å². The average Bonchev–Trinajstić information content (AvgIpc) is 3.79. The zero-order valence-corrected chi connectivity index (χ0v) is 23.8. The number of thioether (sulfide) groups is 1. The van der Waals surface area contributed by atoms with Gasteiger partial charge in [-0.1, -0.05) is 30.4 Å². The van der Waals surface area contributed by atoms with Crippen molar-refractivity contribution in [3.05, 3.63) is 64.8 Å². The molecule has 0 spiro atoms. The van der Waals surface area contributed by atoms with Gasteiger partial charge in [-0.15, -0.1) is 0 Å². The van der Waals surface area contributed by atoms with Crippen molar-refractivity contribution in [3.63, 3.8) is 0 Å². The zero-order chi connectivity index (χ0) is 28.7. The fourth-order valence-electron chi connectivity index (χ4n) is 6.10. The molecule has 2 bridgehead atoms. The summed E-state index contributed by atoms with van der Waals surface area (Å²) in [5.41, 5.74) is 1.32. The van der Waals surface area contributed by atoms with E-state index in [0.29, 0.717) is 43.8 Å². The van der Waals surface area contributed by atoms with Gasteiger partial charge in [-0.2, -0.15) is 0 Å². The molecule has 1 aromatic carbocycles. The number of furan rings is 1. The van der Waals surface area contributed by atoms with E-state index in [9.17, 15) is 19.5 Å². The summed E-state index contributed by atoms with van der Waals surface area (Å²) in [7, 11) is 1.43. The normalized spacial score (nSPS) is 23.4. The molecule has 3 N–H and O–H groups in total. The number of aromatic amines is 1. The van der Waals surface area contributed by atoms with Crippen molar-refractivity contribution < 1.29 is 28.6 Å². The van der Waals surface area contributed by atoms with Crippen LogP contribution in [0.2, 0.25) is 0 Å². The van der Waals surface area contributed by atoms with Crippen LogP contribution in [0.25, 0.3) is 17.4 Å². The number of carboxylic acids is 1. The fourth-order valence-corrected chi connectivity index (χ4v) is 7.45. The lowest BCUT2D eigenvalue weighted by atomic mass is 9.94. The van der Waals surface area contributed by atoms with Crippen molar-refractivity contribution in [2.75, 3.05) is 7.11 Å². The van der Waals surface area contributed by atoms with E-state index in [1.807, 2.05) is 4.90 Å². The number of amides is 2. The summed E-state index contributed by atoms with van der Waals surface area (Å²) in [6.45, 7) is 0. The highest BCUT2D eigenvalue weighted by Crippen LogP contribution is 2.49. The Bertz CT molecular complexity index is 1550. The van der Waals surface area contributed by atoms with E-state index in [1.165, 1.54) is 44.2 Å². The number of ether oxygens (including phenoxy) is 1. The standard InChI is InChI=1S/C29H28N4O6S2/c1-38-24-6-4-17(10-20(24)26(34)32-21(28(36)37)11-18-13-30-14-31-18)23-7-5-19(39-23)12-25-27(35)33(29(40)41-25)22-9-15-2-3-16(22)8-15/h4-7,10,12-16,21-22H,2-3,8-9,11H2,1H3,(H,30,31)(H,32,34)(H,36,37)/t15?,16?,21-,22?/m0/s1. The van der Waals surface area contributed by atoms with E-state index in [2.05, 4.69) is 15.3 Å². The average molecular weight is 593 g/mol. The van der Waals surface area contributed by atoms with Crippen LogP contribution in [0.5, 0.6) is 5.75 Å². The molecular formula is C29H28N4O6S2. The number of imidazole rings is 1. The van der Waals surface area contributed by atoms with Gasteiger partial charge in [0.2, 0.25) is 0 Å². The van der Waals surface area contributed by atoms with Gasteiger partial charge in [0.05, 0.1) is 23.9 Å². The first-order valence-corrected chi connectivity index (χ1v) is 14.6. The van der Waals surface area contributed by atoms with Gasteiger partial charge in [0.25, 0.3) is 11.8 Å². The molecule has 2 amide bonds. The van der Waals surface area contributed by atoms with Gasteiger partial charge in [-0.3, -0.25) is 14.5 Å². The number of fused-ring (bicyclic) bond motifs is 2. The molecule has 1 saturated heterocycles. The van der Waals surface area contributed by atoms with Crippen LogP contribution in [-0.2, 0) is 16.0 Å². The predicted molar refractivity (Wildman–Crippen MR) is 156 cm³/mol. The van der Waals surface area contributed by atoms with Gasteiger partial charge in [0, 0.05) is 36.0 Å². The number of H-pyrrole nitrogens is 1. The summed E-state index contributed by atoms with van der Waals surface area (Å²) in [5.74, 6) is 0.639. The highest BCUT2D eigenvalue weighted by molar-refractivity contribution is 8.26. The largest absolute Gasteiger partial charge is 0.496 e. The number of rotatable bonds is 9. The van der Waals surface area contributed by atoms with E-state index in [-0.39, 0.29) is 29.7 Å². The van der Waals surface area contributed by atoms with Crippen molar-refractivity contribution in [2.24, 2.45) is 11.8 Å². The molecule has 3 fully saturated rings. The Balaban J connectivity index is 1.20. The molecule has 212 valence electrons. The highest BCUT2D eigenvalue weighted by atomic mass is 32.2. The summed E-state index contributed by atoms with van der Waals surface area (Å²) in [5, 5.41) is 12.2. The maximum absolute atomic E-state index is 13.3. The number of carbonyl (C=O) groups excluding carboxylic acids is 2. The zero-order valence-electron chi connectivity index (χ0n) is 22.2. The van der Waals surface area contributed by atoms with Gasteiger partial charge in [0.15, 0.2) is 0 Å². The Kier molecular flexibility index (Phi) is 7.43. The number of nitrogens with zero attached hydrogens (tertiary/aromatic N) is 2. The second-order valence-electron chi connectivity index (χ2n) is 10.6. The quantitative estimate of drug-likeness (QED) is 0.242. The minimum atomic E-state index is -1.18. The number of hydrogen-bond donors (Lipinski definition) is 3. The Hall–Kier alpha value is -3.90. The molecule has 2 aliphatic carbocycles. The van der Waals surface area contributed by atoms with Crippen molar-refractivity contribution in [2.45, 2.75) is 44.2 Å². The molecule has 0 radical (unpaired) electrons. The van der Waals surface area contributed by atoms with Crippen molar-refractivity contribution in [3.8, 4) is 17.1 Å². The van der Waals surface area contributed by atoms with Crippen molar-refractivity contribution in [1.29, 1.82) is 0 Å². The summed E-state index contributed by atoms with van der Waals surface area (Å²) >= 11 is 6.89. The summed E-state index contributed by atoms with van der Waals surface area (Å²) in [6, 6.07) is 7.48. The topological polar surface area (TPSA) is 138 Å². The number of carboxylic acid groups (broad SMARTS) is 1. The first-order chi connectivity index (χ1) is 19.8. The highest BCUT2D eigenvalue weighted by Gasteiger charge is 2.48. The number of carbonyl (C=O) groups is 3. The minimum absolute atomic E-state index is 0.0405. The molecule has 3 heterocycles. The van der Waals surface area contributed by atoms with Gasteiger partial charge in [-0.25, -0.2) is 9.78 Å². The number of nitrogens with one attached hydrogen (secondary N) is 2. The minimum Gasteiger partial charge on any atom is -0.496 e. The van der Waals surface area contributed by atoms with Gasteiger partial charge >= 0.3 is 5.97 Å². The molecule has 3 unspecified atom stereocenters. The number of aromatic nitrogens is 2. The molecule has 41 heavy (non-hydrogen) atoms. The molecule has 4 atom stereocenters. The summed E-state index contributed by atoms with van der Waals surface area (Å²) in [6.07, 6.45) is 9.33. The molecule has 2 aromatic heterocycles. The van der Waals surface area contributed by atoms with Crippen molar-refractivity contribution in [1.82, 2.24) is 20.2 Å². The maximum atomic E-state index is 13.3. The van der Waals surface area contributed by atoms with E-state index < -0.39 is 17.9 Å². The second-order valence-corrected chi connectivity index (χ2v) is 12.2. The number of aliphatic carboxylic acids is 1. The van der Waals surface area contributed by atoms with Gasteiger partial charge < -0.3 is 24.6 Å². The van der Waals surface area contributed by atoms with E-state index in [0.717, 1.165) is 12.8 Å². The maximum Gasteiger partial charge on any atom is 0.326 e. The number of benzene rings is 1. The lowest BCUT2D eigenvalue weighted by Crippen LogP contribution is -2.42. The van der Waals surface area contributed by atoms with Crippen LogP contribution in [-0.4, -0.2) is 61.3 Å². The molecule has 2 saturated carbocycles. The fraction of sp³-hybridized carbons (Fsp3) is 0.345. The molecule has 3 aromatic rings. The number of thiocarbonyl (C=S) groups is 1. The predicted octanol–water partition coefficient (Wildman–Crippen LogP) is 4.49. The number of methoxy groups -OCH3 is 1. The molecule has 3 aliphatic rings. The summed E-state index contributed by atoms with van der Waals surface area (Å²) < 4.78 is 12.0. The van der Waals surface area contributed by atoms with E-state index >= 15 is 0 Å². The van der Waals surface area contributed by atoms with Gasteiger partial charge in [-0.05, 0) is 61.4 Å². The molecule has 6 rings (SSSR count). The molecule has 12 heteroatoms. The second kappa shape index (κ2) is 11.2. The van der Waals surface area contributed by atoms with Crippen LogP contribution in [0.3, 0.4) is 0 Å². The van der Waals surface area contributed by atoms with E-state index in [1.54, 1.807) is 36.4 Å². The monoisotopic (exact) mass is 592 g/mol. The molecular weight excluding hydrogens is 564 g/mol. The Morgan fingerprint density at radius 3 is 2.85 bits per heavy atom. The Labute approximate surface area is 245 Å². The van der Waals surface area contributed by atoms with Crippen LogP contribution >= 0.6 is 24.0 Å². The third-order valence-electron chi connectivity index (χ3n) is 8.07. The van der Waals surface area contributed by atoms with E-state index in [4.69, 9.17) is 21.4 Å². The van der Waals surface area contributed by atoms with Crippen LogP contribution in [0.1, 0.15) is 47.5 Å². The lowest BCUT2D eigenvalue weighted by Gasteiger charge is -2.30. The van der Waals surface area contributed by atoms with Gasteiger partial charge in [0.1, 0.15) is 27.6 Å². The Morgan fingerprint density at radius 1 is 1.32 bits per heavy atom. The SMILES string of the molecule is COc1ccc(-c2ccc(C=C3SC(=S)N(C4CC5CCC4C5)C3=O)o2)cc1C(=O)N[C@@H](Cc1cnc[nH]1)C(=O)O. The first-order valence-electron chi connectivity index (χ1n) is 13.4. The van der Waals surface area contributed by atoms with Crippen LogP contribution in [0.15, 0.2) is 52.2 Å². The van der Waals surface area contributed by atoms with Crippen molar-refractivity contribution >= 4 is 52.2 Å². The third-order valence-corrected chi connectivity index (χ3v) is 9.40. The summed E-state index contributed by atoms with van der Waals surface area (Å²) in [4.78, 5) is 47.3. The van der Waals surface area contributed by atoms with Crippen LogP contribution in [0, 0.1) is 11.8 Å². The lowest BCUT2D eigenvalue weighted by molar-refractivity contribution is -0.139.